The summed E-state index contributed by atoms with van der Waals surface area (Å²) >= 11 is 0. The fraction of sp³-hybridized carbons (Fsp3) is 0.464. The third-order valence-corrected chi connectivity index (χ3v) is 11.9. The van der Waals surface area contributed by atoms with Crippen molar-refractivity contribution in [3.63, 3.8) is 0 Å². The summed E-state index contributed by atoms with van der Waals surface area (Å²) in [5.74, 6) is 1.40. The van der Waals surface area contributed by atoms with Crippen molar-refractivity contribution in [1.29, 1.82) is 15.8 Å². The number of methoxy groups -OCH3 is 2. The van der Waals surface area contributed by atoms with Crippen molar-refractivity contribution in [3.05, 3.63) is 112 Å². The Balaban J connectivity index is 1.51. The van der Waals surface area contributed by atoms with Gasteiger partial charge in [0.15, 0.2) is 11.3 Å². The molecule has 0 amide bonds. The molecule has 1 atom stereocenters. The standard InChI is InChI=1S/C56H70N6O11/c1-41(2)55(63)72-23-8-17-56(5)47(46(40-59)54(73-56)45(38-57)39-58)13-11-44-12-16-50(53(37-44)71-34-30-65-7)62-21-27-69-51-35-42(3)9-14-48(51)60-18-24-66-32-33-68-26-20-61(19-25-67-31-29-64-6)49-15-10-43(4)36-52(49)70-28-22-62/h9-16,35-37,60H,1,8,17-34H2,2-7H3/b13-11+. The van der Waals surface area contributed by atoms with Crippen LogP contribution in [0, 0.1) is 47.8 Å². The number of benzene rings is 3. The quantitative estimate of drug-likeness (QED) is 0.0555. The second-order valence-corrected chi connectivity index (χ2v) is 17.5. The number of nitrogens with one attached hydrogen (secondary N) is 1. The van der Waals surface area contributed by atoms with E-state index in [-0.39, 0.29) is 35.7 Å². The molecule has 2 aliphatic heterocycles. The van der Waals surface area contributed by atoms with Gasteiger partial charge in [-0.25, -0.2) is 4.79 Å². The number of allylic oxidation sites excluding steroid dienone is 2. The van der Waals surface area contributed by atoms with E-state index < -0.39 is 11.6 Å². The van der Waals surface area contributed by atoms with E-state index in [1.807, 2.05) is 74.5 Å². The van der Waals surface area contributed by atoms with Crippen LogP contribution < -0.4 is 29.3 Å². The van der Waals surface area contributed by atoms with Crippen molar-refractivity contribution in [2.45, 2.75) is 46.1 Å². The first-order valence-electron chi connectivity index (χ1n) is 24.5. The summed E-state index contributed by atoms with van der Waals surface area (Å²) in [6.45, 7) is 18.4. The predicted octanol–water partition coefficient (Wildman–Crippen LogP) is 8.04. The van der Waals surface area contributed by atoms with Crippen LogP contribution in [-0.4, -0.2) is 138 Å². The highest BCUT2D eigenvalue weighted by molar-refractivity contribution is 5.86. The molecule has 0 spiro atoms. The molecule has 0 saturated carbocycles. The van der Waals surface area contributed by atoms with Crippen LogP contribution in [0.15, 0.2) is 95.3 Å². The molecule has 17 heteroatoms. The zero-order valence-corrected chi connectivity index (χ0v) is 43.2. The first-order valence-corrected chi connectivity index (χ1v) is 24.5. The second-order valence-electron chi connectivity index (χ2n) is 17.5. The van der Waals surface area contributed by atoms with Gasteiger partial charge in [0.05, 0.1) is 89.6 Å². The summed E-state index contributed by atoms with van der Waals surface area (Å²) in [5, 5.41) is 33.5. The van der Waals surface area contributed by atoms with Gasteiger partial charge in [0.1, 0.15) is 66.5 Å². The SMILES string of the molecule is C=C(C)C(=O)OCCCC1(C)OC(=C(C#N)C#N)C(C#N)=C1/C=C/c1ccc(N2CCOc3cc(C)ccc3NCCOCCOCCN(CCOCCOC)c3ccc(C)cc3OCC2)c(OCCOC)c1. The third-order valence-electron chi connectivity index (χ3n) is 11.9. The Hall–Kier alpha value is -7.04. The third kappa shape index (κ3) is 17.3. The number of nitriles is 3. The normalized spacial score (nSPS) is 17.0. The Labute approximate surface area is 430 Å². The molecule has 5 rings (SSSR count). The fourth-order valence-corrected chi connectivity index (χ4v) is 8.00. The number of anilines is 3. The average molecular weight is 1000 g/mol. The molecule has 3 aromatic rings. The number of carbonyl (C=O) groups is 1. The molecule has 1 N–H and O–H groups in total. The van der Waals surface area contributed by atoms with E-state index in [4.69, 9.17) is 47.4 Å². The van der Waals surface area contributed by atoms with Gasteiger partial charge in [0, 0.05) is 45.0 Å². The number of esters is 1. The van der Waals surface area contributed by atoms with Crippen molar-refractivity contribution in [2.75, 3.05) is 141 Å². The minimum Gasteiger partial charge on any atom is -0.490 e. The Morgan fingerprint density at radius 1 is 0.795 bits per heavy atom. The van der Waals surface area contributed by atoms with Crippen LogP contribution >= 0.6 is 0 Å². The molecule has 0 bridgehead atoms. The molecule has 73 heavy (non-hydrogen) atoms. The van der Waals surface area contributed by atoms with Crippen molar-refractivity contribution in [2.24, 2.45) is 0 Å². The van der Waals surface area contributed by atoms with Gasteiger partial charge < -0.3 is 62.5 Å². The Morgan fingerprint density at radius 2 is 1.48 bits per heavy atom. The summed E-state index contributed by atoms with van der Waals surface area (Å²) in [6.07, 6.45) is 4.25. The molecule has 0 radical (unpaired) electrons. The minimum absolute atomic E-state index is 0.0674. The summed E-state index contributed by atoms with van der Waals surface area (Å²) in [7, 11) is 3.26. The van der Waals surface area contributed by atoms with Crippen LogP contribution in [0.3, 0.4) is 0 Å². The monoisotopic (exact) mass is 1000 g/mol. The zero-order valence-electron chi connectivity index (χ0n) is 43.2. The van der Waals surface area contributed by atoms with E-state index in [9.17, 15) is 20.6 Å². The van der Waals surface area contributed by atoms with Gasteiger partial charge in [0.25, 0.3) is 0 Å². The maximum atomic E-state index is 12.1. The fourth-order valence-electron chi connectivity index (χ4n) is 8.00. The molecule has 390 valence electrons. The van der Waals surface area contributed by atoms with Gasteiger partial charge >= 0.3 is 5.97 Å². The highest BCUT2D eigenvalue weighted by atomic mass is 16.5. The van der Waals surface area contributed by atoms with Gasteiger partial charge in [0.2, 0.25) is 0 Å². The van der Waals surface area contributed by atoms with E-state index in [1.165, 1.54) is 0 Å². The van der Waals surface area contributed by atoms with Crippen molar-refractivity contribution in [1.82, 2.24) is 0 Å². The minimum atomic E-state index is -1.14. The number of carbonyl (C=O) groups excluding carboxylic acids is 1. The largest absolute Gasteiger partial charge is 0.490 e. The van der Waals surface area contributed by atoms with E-state index >= 15 is 0 Å². The number of nitrogens with zero attached hydrogens (tertiary/aromatic N) is 5. The van der Waals surface area contributed by atoms with Crippen molar-refractivity contribution < 1.29 is 52.2 Å². The van der Waals surface area contributed by atoms with Gasteiger partial charge in [-0.1, -0.05) is 36.9 Å². The van der Waals surface area contributed by atoms with Crippen LogP contribution in [-0.2, 0) is 38.0 Å². The molecule has 0 fully saturated rings. The number of rotatable bonds is 18. The topological polar surface area (TPSA) is 199 Å². The van der Waals surface area contributed by atoms with Gasteiger partial charge in [-0.15, -0.1) is 0 Å². The maximum absolute atomic E-state index is 12.1. The highest BCUT2D eigenvalue weighted by Gasteiger charge is 2.42. The first kappa shape index (κ1) is 56.9. The summed E-state index contributed by atoms with van der Waals surface area (Å²) < 4.78 is 59.8. The van der Waals surface area contributed by atoms with Gasteiger partial charge in [-0.3, -0.25) is 0 Å². The lowest BCUT2D eigenvalue weighted by Crippen LogP contribution is -2.34. The Kier molecular flexibility index (Phi) is 23.4. The lowest BCUT2D eigenvalue weighted by Gasteiger charge is -2.29. The van der Waals surface area contributed by atoms with E-state index in [0.717, 1.165) is 45.3 Å². The molecular formula is C56H70N6O11. The molecule has 17 nitrogen and oxygen atoms in total. The molecule has 0 saturated heterocycles. The number of hydrogen-bond donors (Lipinski definition) is 1. The molecule has 2 heterocycles. The number of aryl methyl sites for hydroxylation is 2. The summed E-state index contributed by atoms with van der Waals surface area (Å²) in [6, 6.07) is 24.0. The van der Waals surface area contributed by atoms with Crippen LogP contribution in [0.4, 0.5) is 17.1 Å². The molecule has 0 aliphatic carbocycles. The molecule has 2 aliphatic rings. The number of fused-ring (bicyclic) bond motifs is 2. The highest BCUT2D eigenvalue weighted by Crippen LogP contribution is 2.44. The Morgan fingerprint density at radius 3 is 2.19 bits per heavy atom. The second kappa shape index (κ2) is 30.1. The van der Waals surface area contributed by atoms with Crippen molar-refractivity contribution in [3.8, 4) is 35.5 Å². The number of ether oxygens (including phenoxy) is 10. The molecular weight excluding hydrogens is 933 g/mol. The lowest BCUT2D eigenvalue weighted by molar-refractivity contribution is -0.139. The van der Waals surface area contributed by atoms with E-state index in [2.05, 4.69) is 39.9 Å². The number of hydrogen-bond acceptors (Lipinski definition) is 17. The predicted molar refractivity (Wildman–Crippen MR) is 279 cm³/mol. The summed E-state index contributed by atoms with van der Waals surface area (Å²) in [5.41, 5.74) is 4.73. The summed E-state index contributed by atoms with van der Waals surface area (Å²) in [4.78, 5) is 16.5. The first-order chi connectivity index (χ1) is 35.4. The smallest absolute Gasteiger partial charge is 0.333 e. The van der Waals surface area contributed by atoms with Crippen LogP contribution in [0.5, 0.6) is 17.2 Å². The maximum Gasteiger partial charge on any atom is 0.333 e. The van der Waals surface area contributed by atoms with Crippen LogP contribution in [0.1, 0.15) is 43.4 Å². The molecule has 1 unspecified atom stereocenters. The Bertz CT molecular complexity index is 2520. The van der Waals surface area contributed by atoms with Crippen LogP contribution in [0.2, 0.25) is 0 Å². The molecule has 3 aromatic carbocycles. The average Bonchev–Trinajstić information content (AvgIpc) is 3.66. The van der Waals surface area contributed by atoms with Gasteiger partial charge in [-0.05, 0) is 93.6 Å². The van der Waals surface area contributed by atoms with Crippen LogP contribution in [0.25, 0.3) is 6.08 Å². The van der Waals surface area contributed by atoms with E-state index in [1.54, 1.807) is 34.1 Å². The zero-order chi connectivity index (χ0) is 52.4. The van der Waals surface area contributed by atoms with Gasteiger partial charge in [-0.2, -0.15) is 15.8 Å². The molecule has 0 aromatic heterocycles. The lowest BCUT2D eigenvalue weighted by atomic mass is 9.88. The van der Waals surface area contributed by atoms with Crippen molar-refractivity contribution >= 4 is 29.1 Å². The van der Waals surface area contributed by atoms with E-state index in [0.29, 0.717) is 123 Å².